The third kappa shape index (κ3) is 4.06. The van der Waals surface area contributed by atoms with Gasteiger partial charge in [0.15, 0.2) is 0 Å². The Hall–Kier alpha value is -1.82. The SMILES string of the molecule is c1ccc2c(CN(Cc3cncnc3)C3CCCNCC3)csc2c1. The van der Waals surface area contributed by atoms with Gasteiger partial charge in [-0.3, -0.25) is 4.90 Å². The zero-order valence-electron chi connectivity index (χ0n) is 14.4. The fraction of sp³-hybridized carbons (Fsp3) is 0.400. The summed E-state index contributed by atoms with van der Waals surface area (Å²) < 4.78 is 1.38. The van der Waals surface area contributed by atoms with Crippen LogP contribution in [0.4, 0.5) is 0 Å². The van der Waals surface area contributed by atoms with E-state index in [0.29, 0.717) is 6.04 Å². The van der Waals surface area contributed by atoms with Crippen LogP contribution < -0.4 is 5.32 Å². The number of rotatable bonds is 5. The lowest BCUT2D eigenvalue weighted by Gasteiger charge is -2.31. The Bertz CT molecular complexity index is 794. The number of nitrogens with one attached hydrogen (secondary N) is 1. The van der Waals surface area contributed by atoms with Crippen molar-refractivity contribution in [1.29, 1.82) is 0 Å². The zero-order chi connectivity index (χ0) is 16.9. The van der Waals surface area contributed by atoms with Gasteiger partial charge in [0.25, 0.3) is 0 Å². The summed E-state index contributed by atoms with van der Waals surface area (Å²) in [5.74, 6) is 0. The van der Waals surface area contributed by atoms with E-state index in [0.717, 1.165) is 26.2 Å². The maximum absolute atomic E-state index is 4.20. The van der Waals surface area contributed by atoms with Crippen LogP contribution >= 0.6 is 11.3 Å². The minimum atomic E-state index is 0.605. The molecular weight excluding hydrogens is 328 g/mol. The van der Waals surface area contributed by atoms with Crippen LogP contribution in [0.3, 0.4) is 0 Å². The van der Waals surface area contributed by atoms with E-state index in [1.807, 2.05) is 23.7 Å². The first kappa shape index (κ1) is 16.6. The van der Waals surface area contributed by atoms with Crippen LogP contribution in [0.15, 0.2) is 48.4 Å². The van der Waals surface area contributed by atoms with Crippen molar-refractivity contribution in [3.8, 4) is 0 Å². The Morgan fingerprint density at radius 2 is 1.96 bits per heavy atom. The molecule has 1 unspecified atom stereocenters. The molecule has 3 heterocycles. The minimum absolute atomic E-state index is 0.605. The quantitative estimate of drug-likeness (QED) is 0.757. The van der Waals surface area contributed by atoms with Crippen LogP contribution in [0.25, 0.3) is 10.1 Å². The second-order valence-corrected chi connectivity index (χ2v) is 7.65. The van der Waals surface area contributed by atoms with Gasteiger partial charge in [0, 0.05) is 41.8 Å². The van der Waals surface area contributed by atoms with Crippen molar-refractivity contribution in [3.05, 3.63) is 59.5 Å². The Morgan fingerprint density at radius 1 is 1.08 bits per heavy atom. The second-order valence-electron chi connectivity index (χ2n) is 6.74. The smallest absolute Gasteiger partial charge is 0.115 e. The summed E-state index contributed by atoms with van der Waals surface area (Å²) in [5.41, 5.74) is 2.63. The Morgan fingerprint density at radius 3 is 2.88 bits per heavy atom. The average Bonchev–Trinajstić information content (AvgIpc) is 2.88. The molecule has 0 spiro atoms. The van der Waals surface area contributed by atoms with Gasteiger partial charge in [-0.25, -0.2) is 9.97 Å². The molecule has 1 N–H and O–H groups in total. The molecule has 0 bridgehead atoms. The van der Waals surface area contributed by atoms with Gasteiger partial charge in [0.05, 0.1) is 0 Å². The summed E-state index contributed by atoms with van der Waals surface area (Å²) in [7, 11) is 0. The molecule has 4 nitrogen and oxygen atoms in total. The fourth-order valence-electron chi connectivity index (χ4n) is 3.70. The van der Waals surface area contributed by atoms with E-state index in [-0.39, 0.29) is 0 Å². The third-order valence-electron chi connectivity index (χ3n) is 5.00. The highest BCUT2D eigenvalue weighted by Gasteiger charge is 2.21. The predicted molar refractivity (Wildman–Crippen MR) is 104 cm³/mol. The van der Waals surface area contributed by atoms with E-state index in [9.17, 15) is 0 Å². The van der Waals surface area contributed by atoms with Gasteiger partial charge in [0.1, 0.15) is 6.33 Å². The van der Waals surface area contributed by atoms with E-state index >= 15 is 0 Å². The zero-order valence-corrected chi connectivity index (χ0v) is 15.2. The molecule has 0 amide bonds. The average molecular weight is 353 g/mol. The molecule has 4 rings (SSSR count). The summed E-state index contributed by atoms with van der Waals surface area (Å²) >= 11 is 1.85. The lowest BCUT2D eigenvalue weighted by atomic mass is 10.0. The second kappa shape index (κ2) is 8.04. The number of fused-ring (bicyclic) bond motifs is 1. The first-order valence-corrected chi connectivity index (χ1v) is 9.92. The van der Waals surface area contributed by atoms with Crippen LogP contribution in [0, 0.1) is 0 Å². The molecule has 130 valence electrons. The number of hydrogen-bond donors (Lipinski definition) is 1. The first-order valence-electron chi connectivity index (χ1n) is 9.04. The van der Waals surface area contributed by atoms with Crippen LogP contribution in [0.2, 0.25) is 0 Å². The highest BCUT2D eigenvalue weighted by Crippen LogP contribution is 2.28. The Kier molecular flexibility index (Phi) is 5.35. The molecule has 3 aromatic rings. The molecule has 1 saturated heterocycles. The van der Waals surface area contributed by atoms with Gasteiger partial charge in [0.2, 0.25) is 0 Å². The van der Waals surface area contributed by atoms with E-state index in [1.54, 1.807) is 6.33 Å². The topological polar surface area (TPSA) is 41.1 Å². The normalized spacial score (nSPS) is 18.5. The Labute approximate surface area is 152 Å². The molecule has 0 saturated carbocycles. The van der Waals surface area contributed by atoms with E-state index in [2.05, 4.69) is 49.8 Å². The fourth-order valence-corrected chi connectivity index (χ4v) is 4.65. The molecule has 0 radical (unpaired) electrons. The number of thiophene rings is 1. The van der Waals surface area contributed by atoms with Gasteiger partial charge >= 0.3 is 0 Å². The first-order chi connectivity index (χ1) is 12.4. The van der Waals surface area contributed by atoms with E-state index in [1.165, 1.54) is 40.5 Å². The lowest BCUT2D eigenvalue weighted by Crippen LogP contribution is -2.35. The molecule has 0 aliphatic carbocycles. The highest BCUT2D eigenvalue weighted by molar-refractivity contribution is 7.17. The number of hydrogen-bond acceptors (Lipinski definition) is 5. The molecule has 2 aromatic heterocycles. The maximum Gasteiger partial charge on any atom is 0.115 e. The largest absolute Gasteiger partial charge is 0.317 e. The van der Waals surface area contributed by atoms with Crippen molar-refractivity contribution in [1.82, 2.24) is 20.2 Å². The summed E-state index contributed by atoms with van der Waals surface area (Å²) in [5, 5.41) is 7.26. The Balaban J connectivity index is 1.59. The van der Waals surface area contributed by atoms with Crippen molar-refractivity contribution in [2.45, 2.75) is 38.4 Å². The summed E-state index contributed by atoms with van der Waals surface area (Å²) in [6, 6.07) is 9.34. The van der Waals surface area contributed by atoms with E-state index < -0.39 is 0 Å². The van der Waals surface area contributed by atoms with Crippen LogP contribution in [0.5, 0.6) is 0 Å². The molecule has 1 aromatic carbocycles. The van der Waals surface area contributed by atoms with Crippen molar-refractivity contribution >= 4 is 21.4 Å². The number of aromatic nitrogens is 2. The van der Waals surface area contributed by atoms with Crippen LogP contribution in [-0.2, 0) is 13.1 Å². The van der Waals surface area contributed by atoms with E-state index in [4.69, 9.17) is 0 Å². The van der Waals surface area contributed by atoms with Gasteiger partial charge in [-0.2, -0.15) is 0 Å². The predicted octanol–water partition coefficient (Wildman–Crippen LogP) is 3.84. The molecule has 1 atom stereocenters. The molecule has 1 fully saturated rings. The van der Waals surface area contributed by atoms with Gasteiger partial charge in [-0.15, -0.1) is 11.3 Å². The van der Waals surface area contributed by atoms with Crippen molar-refractivity contribution in [2.75, 3.05) is 13.1 Å². The van der Waals surface area contributed by atoms with Crippen LogP contribution in [0.1, 0.15) is 30.4 Å². The summed E-state index contributed by atoms with van der Waals surface area (Å²) in [6.07, 6.45) is 9.20. The van der Waals surface area contributed by atoms with Gasteiger partial charge in [-0.05, 0) is 54.7 Å². The molecule has 5 heteroatoms. The highest BCUT2D eigenvalue weighted by atomic mass is 32.1. The minimum Gasteiger partial charge on any atom is -0.317 e. The lowest BCUT2D eigenvalue weighted by molar-refractivity contribution is 0.164. The standard InChI is InChI=1S/C20H24N4S/c1-2-6-20-19(5-1)17(14-25-20)13-24(12-16-10-22-15-23-11-16)18-4-3-8-21-9-7-18/h1-2,5-6,10-11,14-15,18,21H,3-4,7-9,12-13H2. The molecular formula is C20H24N4S. The summed E-state index contributed by atoms with van der Waals surface area (Å²) in [6.45, 7) is 4.15. The molecule has 25 heavy (non-hydrogen) atoms. The van der Waals surface area contributed by atoms with Crippen molar-refractivity contribution in [3.63, 3.8) is 0 Å². The maximum atomic E-state index is 4.20. The molecule has 1 aliphatic heterocycles. The number of benzene rings is 1. The third-order valence-corrected chi connectivity index (χ3v) is 6.01. The monoisotopic (exact) mass is 352 g/mol. The van der Waals surface area contributed by atoms with Crippen molar-refractivity contribution in [2.24, 2.45) is 0 Å². The summed E-state index contributed by atoms with van der Waals surface area (Å²) in [4.78, 5) is 11.0. The molecule has 1 aliphatic rings. The number of nitrogens with zero attached hydrogens (tertiary/aromatic N) is 3. The van der Waals surface area contributed by atoms with Crippen LogP contribution in [-0.4, -0.2) is 34.0 Å². The van der Waals surface area contributed by atoms with Gasteiger partial charge < -0.3 is 5.32 Å². The van der Waals surface area contributed by atoms with Gasteiger partial charge in [-0.1, -0.05) is 18.2 Å². The van der Waals surface area contributed by atoms with Crippen molar-refractivity contribution < 1.29 is 0 Å².